The number of carbonyl (C=O) groups is 1. The Morgan fingerprint density at radius 3 is 2.72 bits per heavy atom. The molecule has 0 amide bonds. The number of anilines is 1. The number of rotatable bonds is 8. The fourth-order valence-electron chi connectivity index (χ4n) is 1.93. The van der Waals surface area contributed by atoms with Crippen LogP contribution in [0.15, 0.2) is 36.9 Å². The lowest BCUT2D eigenvalue weighted by Crippen LogP contribution is -2.27. The van der Waals surface area contributed by atoms with Crippen molar-refractivity contribution in [2.75, 3.05) is 18.0 Å². The first-order valence-corrected chi connectivity index (χ1v) is 6.28. The summed E-state index contributed by atoms with van der Waals surface area (Å²) in [6.45, 7) is 7.18. The number of hydrogen-bond acceptors (Lipinski definition) is 2. The topological polar surface area (TPSA) is 40.5 Å². The Labute approximate surface area is 109 Å². The highest BCUT2D eigenvalue weighted by Gasteiger charge is 2.10. The van der Waals surface area contributed by atoms with E-state index in [1.165, 1.54) is 5.56 Å². The Hall–Kier alpha value is -1.77. The van der Waals surface area contributed by atoms with Crippen molar-refractivity contribution in [3.8, 4) is 0 Å². The van der Waals surface area contributed by atoms with Crippen LogP contribution in [0.2, 0.25) is 0 Å². The van der Waals surface area contributed by atoms with Crippen LogP contribution in [0.4, 0.5) is 5.69 Å². The van der Waals surface area contributed by atoms with E-state index in [1.54, 1.807) is 0 Å². The summed E-state index contributed by atoms with van der Waals surface area (Å²) < 4.78 is 0. The van der Waals surface area contributed by atoms with Gasteiger partial charge in [-0.3, -0.25) is 4.79 Å². The Bertz CT molecular complexity index is 401. The fraction of sp³-hybridized carbons (Fsp3) is 0.400. The van der Waals surface area contributed by atoms with Crippen molar-refractivity contribution in [3.05, 3.63) is 42.5 Å². The third-order valence-corrected chi connectivity index (χ3v) is 2.89. The second kappa shape index (κ2) is 7.54. The van der Waals surface area contributed by atoms with Crippen LogP contribution in [0.1, 0.15) is 24.8 Å². The molecule has 1 aromatic carbocycles. The Morgan fingerprint density at radius 2 is 2.11 bits per heavy atom. The number of aryl methyl sites for hydroxylation is 1. The zero-order chi connectivity index (χ0) is 13.4. The molecule has 18 heavy (non-hydrogen) atoms. The van der Waals surface area contributed by atoms with Crippen LogP contribution in [0.3, 0.4) is 0 Å². The lowest BCUT2D eigenvalue weighted by atomic mass is 10.1. The minimum atomic E-state index is -0.752. The standard InChI is InChI=1S/C15H21NO2/c1-3-4-7-11-16(12-10-15(17)18)14-9-6-5-8-13(14)2/h3,5-6,8-9H,1,4,7,10-12H2,2H3,(H,17,18). The van der Waals surface area contributed by atoms with E-state index in [-0.39, 0.29) is 6.42 Å². The third-order valence-electron chi connectivity index (χ3n) is 2.89. The molecule has 0 saturated heterocycles. The van der Waals surface area contributed by atoms with Gasteiger partial charge in [-0.1, -0.05) is 24.3 Å². The Morgan fingerprint density at radius 1 is 1.39 bits per heavy atom. The minimum absolute atomic E-state index is 0.169. The number of carboxylic acid groups (broad SMARTS) is 1. The van der Waals surface area contributed by atoms with Gasteiger partial charge in [-0.05, 0) is 31.4 Å². The summed E-state index contributed by atoms with van der Waals surface area (Å²) in [7, 11) is 0. The molecular formula is C15H21NO2. The van der Waals surface area contributed by atoms with Crippen molar-refractivity contribution in [2.45, 2.75) is 26.2 Å². The van der Waals surface area contributed by atoms with Gasteiger partial charge in [0.2, 0.25) is 0 Å². The summed E-state index contributed by atoms with van der Waals surface area (Å²) >= 11 is 0. The average Bonchev–Trinajstić information content (AvgIpc) is 2.34. The summed E-state index contributed by atoms with van der Waals surface area (Å²) in [5.74, 6) is -0.752. The molecule has 0 aromatic heterocycles. The van der Waals surface area contributed by atoms with Crippen LogP contribution >= 0.6 is 0 Å². The molecule has 3 nitrogen and oxygen atoms in total. The maximum Gasteiger partial charge on any atom is 0.305 e. The van der Waals surface area contributed by atoms with Gasteiger partial charge in [0, 0.05) is 18.8 Å². The first kappa shape index (κ1) is 14.3. The Balaban J connectivity index is 2.72. The van der Waals surface area contributed by atoms with Crippen molar-refractivity contribution in [1.82, 2.24) is 0 Å². The summed E-state index contributed by atoms with van der Waals surface area (Å²) in [5.41, 5.74) is 2.31. The molecule has 1 aromatic rings. The highest BCUT2D eigenvalue weighted by molar-refractivity contribution is 5.68. The monoisotopic (exact) mass is 247 g/mol. The van der Waals surface area contributed by atoms with E-state index in [9.17, 15) is 4.79 Å². The number of allylic oxidation sites excluding steroid dienone is 1. The van der Waals surface area contributed by atoms with E-state index in [1.807, 2.05) is 24.3 Å². The highest BCUT2D eigenvalue weighted by Crippen LogP contribution is 2.20. The first-order valence-electron chi connectivity index (χ1n) is 6.28. The molecule has 0 aliphatic carbocycles. The van der Waals surface area contributed by atoms with Crippen molar-refractivity contribution in [3.63, 3.8) is 0 Å². The van der Waals surface area contributed by atoms with Gasteiger partial charge in [0.1, 0.15) is 0 Å². The normalized spacial score (nSPS) is 10.1. The number of para-hydroxylation sites is 1. The predicted molar refractivity (Wildman–Crippen MR) is 75.1 cm³/mol. The number of aliphatic carboxylic acids is 1. The second-order valence-corrected chi connectivity index (χ2v) is 4.35. The number of unbranched alkanes of at least 4 members (excludes halogenated alkanes) is 1. The first-order chi connectivity index (χ1) is 8.65. The van der Waals surface area contributed by atoms with Gasteiger partial charge in [-0.25, -0.2) is 0 Å². The molecule has 1 rings (SSSR count). The van der Waals surface area contributed by atoms with E-state index in [4.69, 9.17) is 5.11 Å². The number of benzene rings is 1. The quantitative estimate of drug-likeness (QED) is 0.566. The molecule has 98 valence electrons. The molecule has 3 heteroatoms. The van der Waals surface area contributed by atoms with Crippen molar-refractivity contribution < 1.29 is 9.90 Å². The molecule has 0 fully saturated rings. The smallest absolute Gasteiger partial charge is 0.305 e. The maximum absolute atomic E-state index is 10.7. The van der Waals surface area contributed by atoms with Gasteiger partial charge < -0.3 is 10.0 Å². The van der Waals surface area contributed by atoms with E-state index >= 15 is 0 Å². The molecule has 0 bridgehead atoms. The van der Waals surface area contributed by atoms with Gasteiger partial charge in [0.25, 0.3) is 0 Å². The number of hydrogen-bond donors (Lipinski definition) is 1. The van der Waals surface area contributed by atoms with E-state index in [0.29, 0.717) is 6.54 Å². The minimum Gasteiger partial charge on any atom is -0.481 e. The average molecular weight is 247 g/mol. The predicted octanol–water partition coefficient (Wildman–Crippen LogP) is 3.24. The van der Waals surface area contributed by atoms with E-state index in [0.717, 1.165) is 25.1 Å². The van der Waals surface area contributed by atoms with Crippen molar-refractivity contribution >= 4 is 11.7 Å². The van der Waals surface area contributed by atoms with Crippen LogP contribution in [0, 0.1) is 6.92 Å². The van der Waals surface area contributed by atoms with Gasteiger partial charge in [0.15, 0.2) is 0 Å². The van der Waals surface area contributed by atoms with Crippen LogP contribution in [-0.4, -0.2) is 24.2 Å². The lowest BCUT2D eigenvalue weighted by Gasteiger charge is -2.25. The molecule has 0 heterocycles. The van der Waals surface area contributed by atoms with Gasteiger partial charge in [-0.15, -0.1) is 6.58 Å². The molecule has 0 saturated carbocycles. The SMILES string of the molecule is C=CCCCN(CCC(=O)O)c1ccccc1C. The highest BCUT2D eigenvalue weighted by atomic mass is 16.4. The van der Waals surface area contributed by atoms with Gasteiger partial charge >= 0.3 is 5.97 Å². The second-order valence-electron chi connectivity index (χ2n) is 4.35. The number of nitrogens with zero attached hydrogens (tertiary/aromatic N) is 1. The zero-order valence-electron chi connectivity index (χ0n) is 10.9. The maximum atomic E-state index is 10.7. The molecule has 0 aliphatic heterocycles. The summed E-state index contributed by atoms with van der Waals surface area (Å²) in [5, 5.41) is 8.81. The molecule has 0 atom stereocenters. The molecule has 1 N–H and O–H groups in total. The van der Waals surface area contributed by atoms with Crippen LogP contribution < -0.4 is 4.90 Å². The molecule has 0 radical (unpaired) electrons. The van der Waals surface area contributed by atoms with Crippen LogP contribution in [0.5, 0.6) is 0 Å². The van der Waals surface area contributed by atoms with Crippen LogP contribution in [0.25, 0.3) is 0 Å². The fourth-order valence-corrected chi connectivity index (χ4v) is 1.93. The van der Waals surface area contributed by atoms with Crippen LogP contribution in [-0.2, 0) is 4.79 Å². The molecule has 0 aliphatic rings. The van der Waals surface area contributed by atoms with E-state index in [2.05, 4.69) is 24.5 Å². The summed E-state index contributed by atoms with van der Waals surface area (Å²) in [6, 6.07) is 8.09. The van der Waals surface area contributed by atoms with Gasteiger partial charge in [0.05, 0.1) is 6.42 Å². The van der Waals surface area contributed by atoms with E-state index < -0.39 is 5.97 Å². The third kappa shape index (κ3) is 4.62. The van der Waals surface area contributed by atoms with Crippen molar-refractivity contribution in [2.24, 2.45) is 0 Å². The van der Waals surface area contributed by atoms with Gasteiger partial charge in [-0.2, -0.15) is 0 Å². The largest absolute Gasteiger partial charge is 0.481 e. The zero-order valence-corrected chi connectivity index (χ0v) is 10.9. The lowest BCUT2D eigenvalue weighted by molar-refractivity contribution is -0.136. The summed E-state index contributed by atoms with van der Waals surface area (Å²) in [4.78, 5) is 12.9. The Kier molecular flexibility index (Phi) is 5.98. The number of carboxylic acids is 1. The summed E-state index contributed by atoms with van der Waals surface area (Å²) in [6.07, 6.45) is 4.02. The molecule has 0 unspecified atom stereocenters. The molecule has 0 spiro atoms. The van der Waals surface area contributed by atoms with Crippen molar-refractivity contribution in [1.29, 1.82) is 0 Å². The molecular weight excluding hydrogens is 226 g/mol.